The van der Waals surface area contributed by atoms with Crippen molar-refractivity contribution in [1.82, 2.24) is 9.13 Å². The summed E-state index contributed by atoms with van der Waals surface area (Å²) in [5, 5.41) is 6.43. The summed E-state index contributed by atoms with van der Waals surface area (Å²) in [6.07, 6.45) is 0. The van der Waals surface area contributed by atoms with Crippen LogP contribution < -0.4 is 0 Å². The minimum atomic E-state index is -0.395. The van der Waals surface area contributed by atoms with E-state index in [9.17, 15) is 17.6 Å². The van der Waals surface area contributed by atoms with Gasteiger partial charge < -0.3 is 9.13 Å². The van der Waals surface area contributed by atoms with Crippen LogP contribution in [0.1, 0.15) is 0 Å². The van der Waals surface area contributed by atoms with Crippen LogP contribution >= 0.6 is 0 Å². The summed E-state index contributed by atoms with van der Waals surface area (Å²) in [5.41, 5.74) is 13.0. The molecule has 0 N–H and O–H groups in total. The maximum Gasteiger partial charge on any atom is 0.123 e. The second kappa shape index (κ2) is 15.4. The van der Waals surface area contributed by atoms with E-state index in [1.54, 1.807) is 24.3 Å². The molecule has 6 heteroatoms. The molecule has 0 radical (unpaired) electrons. The Balaban J connectivity index is 1.17. The van der Waals surface area contributed by atoms with Gasteiger partial charge in [-0.25, -0.2) is 17.6 Å². The first kappa shape index (κ1) is 39.6. The van der Waals surface area contributed by atoms with Crippen LogP contribution in [-0.4, -0.2) is 9.13 Å². The normalized spacial score (nSPS) is 11.8. The highest BCUT2D eigenvalue weighted by molar-refractivity contribution is 6.23. The van der Waals surface area contributed by atoms with Crippen molar-refractivity contribution < 1.29 is 17.6 Å². The number of fused-ring (bicyclic) bond motifs is 8. The van der Waals surface area contributed by atoms with Crippen LogP contribution in [0.15, 0.2) is 218 Å². The molecule has 0 unspecified atom stereocenters. The summed E-state index contributed by atoms with van der Waals surface area (Å²) in [6, 6.07) is 69.5. The number of hydrogen-bond acceptors (Lipinski definition) is 0. The molecule has 11 aromatic carbocycles. The van der Waals surface area contributed by atoms with Crippen molar-refractivity contribution in [3.05, 3.63) is 242 Å². The zero-order valence-electron chi connectivity index (χ0n) is 36.2. The van der Waals surface area contributed by atoms with Crippen molar-refractivity contribution in [3.8, 4) is 55.9 Å². The predicted octanol–water partition coefficient (Wildman–Crippen LogP) is 17.4. The van der Waals surface area contributed by atoms with Crippen molar-refractivity contribution in [2.45, 2.75) is 0 Å². The minimum absolute atomic E-state index is 0.395. The minimum Gasteiger partial charge on any atom is -0.309 e. The van der Waals surface area contributed by atoms with Gasteiger partial charge in [0.05, 0.1) is 22.1 Å². The average molecular weight is 885 g/mol. The molecule has 0 amide bonds. The summed E-state index contributed by atoms with van der Waals surface area (Å²) < 4.78 is 63.9. The summed E-state index contributed by atoms with van der Waals surface area (Å²) in [7, 11) is 0. The highest BCUT2D eigenvalue weighted by Gasteiger charge is 2.23. The van der Waals surface area contributed by atoms with Crippen LogP contribution in [0.25, 0.3) is 121 Å². The third-order valence-corrected chi connectivity index (χ3v) is 13.5. The molecule has 0 aliphatic heterocycles. The zero-order chi connectivity index (χ0) is 45.6. The highest BCUT2D eigenvalue weighted by atomic mass is 19.1. The van der Waals surface area contributed by atoms with Gasteiger partial charge in [0.15, 0.2) is 0 Å². The number of halogens is 4. The molecular weight excluding hydrogens is 849 g/mol. The molecule has 0 aliphatic carbocycles. The molecule has 68 heavy (non-hydrogen) atoms. The number of benzene rings is 11. The molecule has 0 bridgehead atoms. The number of aromatic nitrogens is 2. The Kier molecular flexibility index (Phi) is 8.99. The number of rotatable bonds is 6. The van der Waals surface area contributed by atoms with Crippen molar-refractivity contribution in [2.75, 3.05) is 0 Å². The lowest BCUT2D eigenvalue weighted by Gasteiger charge is -2.21. The standard InChI is InChI=1S/C62H36F4N2/c63-43-17-25-57-51(31-43)52-32-44(64)18-26-58(52)67(57)47-22-24-50-55(35-47)61(41-15-7-13-39(29-41)37-9-3-1-4-10-37)49-23-21-48(68-59-27-19-45(65)33-53(59)54-34-46(66)20-28-60(54)68)36-56(49)62(50)42-16-8-14-40(30-42)38-11-5-2-6-12-38/h1-36H. The van der Waals surface area contributed by atoms with Gasteiger partial charge in [0.2, 0.25) is 0 Å². The molecule has 0 saturated carbocycles. The predicted molar refractivity (Wildman–Crippen MR) is 272 cm³/mol. The second-order valence-electron chi connectivity index (χ2n) is 17.4. The maximum atomic E-state index is 14.9. The fourth-order valence-corrected chi connectivity index (χ4v) is 10.6. The Morgan fingerprint density at radius 3 is 0.897 bits per heavy atom. The van der Waals surface area contributed by atoms with Crippen LogP contribution in [0.5, 0.6) is 0 Å². The Morgan fingerprint density at radius 2 is 0.544 bits per heavy atom. The van der Waals surface area contributed by atoms with Gasteiger partial charge in [0.25, 0.3) is 0 Å². The van der Waals surface area contributed by atoms with Crippen LogP contribution in [-0.2, 0) is 0 Å². The fraction of sp³-hybridized carbons (Fsp3) is 0. The molecule has 2 aromatic heterocycles. The second-order valence-corrected chi connectivity index (χ2v) is 17.4. The van der Waals surface area contributed by atoms with E-state index in [4.69, 9.17) is 0 Å². The number of hydrogen-bond donors (Lipinski definition) is 0. The molecule has 2 heterocycles. The molecule has 322 valence electrons. The Bertz CT molecular complexity index is 3800. The Labute approximate surface area is 387 Å². The third-order valence-electron chi connectivity index (χ3n) is 13.5. The fourth-order valence-electron chi connectivity index (χ4n) is 10.6. The summed E-state index contributed by atoms with van der Waals surface area (Å²) >= 11 is 0. The highest BCUT2D eigenvalue weighted by Crippen LogP contribution is 2.47. The van der Waals surface area contributed by atoms with Crippen molar-refractivity contribution in [3.63, 3.8) is 0 Å². The molecule has 0 spiro atoms. The van der Waals surface area contributed by atoms with E-state index in [0.29, 0.717) is 21.5 Å². The van der Waals surface area contributed by atoms with Crippen molar-refractivity contribution in [1.29, 1.82) is 0 Å². The molecule has 0 fully saturated rings. The molecule has 13 aromatic rings. The molecule has 0 aliphatic rings. The first-order chi connectivity index (χ1) is 33.3. The van der Waals surface area contributed by atoms with Gasteiger partial charge in [-0.15, -0.1) is 0 Å². The lowest BCUT2D eigenvalue weighted by Crippen LogP contribution is -1.98. The van der Waals surface area contributed by atoms with Gasteiger partial charge in [0.1, 0.15) is 23.3 Å². The van der Waals surface area contributed by atoms with Crippen LogP contribution in [0.3, 0.4) is 0 Å². The van der Waals surface area contributed by atoms with E-state index >= 15 is 0 Å². The van der Waals surface area contributed by atoms with Crippen molar-refractivity contribution >= 4 is 65.2 Å². The summed E-state index contributed by atoms with van der Waals surface area (Å²) in [5.74, 6) is -1.58. The first-order valence-corrected chi connectivity index (χ1v) is 22.5. The van der Waals surface area contributed by atoms with E-state index in [1.807, 2.05) is 36.4 Å². The first-order valence-electron chi connectivity index (χ1n) is 22.5. The molecule has 0 saturated heterocycles. The van der Waals surface area contributed by atoms with Gasteiger partial charge in [-0.3, -0.25) is 0 Å². The topological polar surface area (TPSA) is 9.86 Å². The molecule has 0 atom stereocenters. The third kappa shape index (κ3) is 6.33. The monoisotopic (exact) mass is 884 g/mol. The lowest BCUT2D eigenvalue weighted by molar-refractivity contribution is 0.628. The molecule has 13 rings (SSSR count). The largest absolute Gasteiger partial charge is 0.309 e. The van der Waals surface area contributed by atoms with Gasteiger partial charge in [-0.1, -0.05) is 109 Å². The summed E-state index contributed by atoms with van der Waals surface area (Å²) in [4.78, 5) is 0. The molecular formula is C62H36F4N2. The zero-order valence-corrected chi connectivity index (χ0v) is 36.2. The van der Waals surface area contributed by atoms with Gasteiger partial charge >= 0.3 is 0 Å². The van der Waals surface area contributed by atoms with Gasteiger partial charge in [0, 0.05) is 32.9 Å². The van der Waals surface area contributed by atoms with E-state index in [2.05, 4.69) is 118 Å². The molecule has 2 nitrogen and oxygen atoms in total. The lowest BCUT2D eigenvalue weighted by atomic mass is 9.84. The van der Waals surface area contributed by atoms with E-state index < -0.39 is 23.3 Å². The Morgan fingerprint density at radius 1 is 0.221 bits per heavy atom. The SMILES string of the molecule is Fc1ccc2c(c1)c1cc(F)ccc1n2-c1ccc2c(-c3cccc(-c4ccccc4)c3)c3cc(-n4c5ccc(F)cc5c5cc(F)ccc54)ccc3c(-c3cccc(-c4ccccc4)c3)c2c1. The quantitative estimate of drug-likeness (QED) is 0.116. The Hall–Kier alpha value is -8.74. The average Bonchev–Trinajstić information content (AvgIpc) is 3.86. The van der Waals surface area contributed by atoms with Crippen molar-refractivity contribution in [2.24, 2.45) is 0 Å². The van der Waals surface area contributed by atoms with Crippen LogP contribution in [0.4, 0.5) is 17.6 Å². The van der Waals surface area contributed by atoms with Gasteiger partial charge in [-0.2, -0.15) is 0 Å². The number of nitrogens with zero attached hydrogens (tertiary/aromatic N) is 2. The van der Waals surface area contributed by atoms with Gasteiger partial charge in [-0.05, 0) is 175 Å². The smallest absolute Gasteiger partial charge is 0.123 e. The van der Waals surface area contributed by atoms with Crippen LogP contribution in [0.2, 0.25) is 0 Å². The van der Waals surface area contributed by atoms with E-state index in [-0.39, 0.29) is 0 Å². The summed E-state index contributed by atoms with van der Waals surface area (Å²) in [6.45, 7) is 0. The van der Waals surface area contributed by atoms with E-state index in [1.165, 1.54) is 48.5 Å². The van der Waals surface area contributed by atoms with Crippen LogP contribution in [0, 0.1) is 23.3 Å². The van der Waals surface area contributed by atoms with E-state index in [0.717, 1.165) is 99.5 Å². The maximum absolute atomic E-state index is 14.9.